The molecule has 0 fully saturated rings. The minimum atomic E-state index is -0.0636. The van der Waals surface area contributed by atoms with E-state index in [0.29, 0.717) is 36.9 Å². The summed E-state index contributed by atoms with van der Waals surface area (Å²) in [6, 6.07) is 13.6. The molecule has 9 heteroatoms. The Morgan fingerprint density at radius 1 is 1.16 bits per heavy atom. The SMILES string of the molecule is COc1ccc(C(=O)N2CCc3c(c(-c4nncn4Cc4ccccc4)nn3C)C2)cn1. The molecule has 1 aliphatic heterocycles. The highest BCUT2D eigenvalue weighted by Crippen LogP contribution is 2.29. The number of methoxy groups -OCH3 is 1. The summed E-state index contributed by atoms with van der Waals surface area (Å²) in [7, 11) is 3.49. The lowest BCUT2D eigenvalue weighted by Crippen LogP contribution is -2.36. The first-order chi connectivity index (χ1) is 15.6. The molecule has 32 heavy (non-hydrogen) atoms. The number of ether oxygens (including phenoxy) is 1. The van der Waals surface area contributed by atoms with Gasteiger partial charge in [0.25, 0.3) is 5.91 Å². The van der Waals surface area contributed by atoms with Gasteiger partial charge in [0.15, 0.2) is 5.82 Å². The molecule has 3 aromatic heterocycles. The Hall–Kier alpha value is -4.01. The van der Waals surface area contributed by atoms with Crippen molar-refractivity contribution in [2.45, 2.75) is 19.5 Å². The third kappa shape index (κ3) is 3.62. The average Bonchev–Trinajstić information content (AvgIpc) is 3.42. The van der Waals surface area contributed by atoms with E-state index >= 15 is 0 Å². The molecule has 0 aliphatic carbocycles. The normalized spacial score (nSPS) is 13.1. The van der Waals surface area contributed by atoms with Gasteiger partial charge in [-0.25, -0.2) is 4.98 Å². The van der Waals surface area contributed by atoms with Crippen molar-refractivity contribution in [1.29, 1.82) is 0 Å². The summed E-state index contributed by atoms with van der Waals surface area (Å²) >= 11 is 0. The van der Waals surface area contributed by atoms with Crippen molar-refractivity contribution in [3.63, 3.8) is 0 Å². The zero-order chi connectivity index (χ0) is 22.1. The topological polar surface area (TPSA) is 91.0 Å². The van der Waals surface area contributed by atoms with E-state index in [4.69, 9.17) is 9.84 Å². The van der Waals surface area contributed by atoms with Crippen LogP contribution in [0.25, 0.3) is 11.5 Å². The Kier molecular flexibility index (Phi) is 5.14. The number of hydrogen-bond acceptors (Lipinski definition) is 6. The highest BCUT2D eigenvalue weighted by Gasteiger charge is 2.29. The second kappa shape index (κ2) is 8.26. The highest BCUT2D eigenvalue weighted by molar-refractivity contribution is 5.94. The van der Waals surface area contributed by atoms with Crippen LogP contribution >= 0.6 is 0 Å². The molecule has 162 valence electrons. The molecule has 4 aromatic rings. The van der Waals surface area contributed by atoms with E-state index in [9.17, 15) is 4.79 Å². The molecule has 0 atom stereocenters. The number of fused-ring (bicyclic) bond motifs is 1. The van der Waals surface area contributed by atoms with Crippen LogP contribution in [0.2, 0.25) is 0 Å². The fourth-order valence-electron chi connectivity index (χ4n) is 4.09. The third-order valence-corrected chi connectivity index (χ3v) is 5.75. The first-order valence-electron chi connectivity index (χ1n) is 10.4. The van der Waals surface area contributed by atoms with Gasteiger partial charge in [-0.15, -0.1) is 10.2 Å². The van der Waals surface area contributed by atoms with Crippen LogP contribution in [0.15, 0.2) is 55.0 Å². The van der Waals surface area contributed by atoms with Gasteiger partial charge < -0.3 is 14.2 Å². The summed E-state index contributed by atoms with van der Waals surface area (Å²) in [6.45, 7) is 1.73. The number of carbonyl (C=O) groups is 1. The van der Waals surface area contributed by atoms with Crippen LogP contribution in [-0.4, -0.2) is 54.0 Å². The summed E-state index contributed by atoms with van der Waals surface area (Å²) in [5.41, 5.74) is 4.58. The number of carbonyl (C=O) groups excluding carboxylic acids is 1. The monoisotopic (exact) mass is 429 g/mol. The van der Waals surface area contributed by atoms with Crippen LogP contribution in [0.5, 0.6) is 5.88 Å². The van der Waals surface area contributed by atoms with Crippen LogP contribution < -0.4 is 4.74 Å². The lowest BCUT2D eigenvalue weighted by molar-refractivity contribution is 0.0733. The van der Waals surface area contributed by atoms with Crippen LogP contribution in [0.4, 0.5) is 0 Å². The van der Waals surface area contributed by atoms with Crippen LogP contribution in [0.1, 0.15) is 27.2 Å². The largest absolute Gasteiger partial charge is 0.481 e. The molecule has 0 N–H and O–H groups in total. The molecule has 0 spiro atoms. The van der Waals surface area contributed by atoms with Gasteiger partial charge in [-0.2, -0.15) is 5.10 Å². The number of amides is 1. The maximum absolute atomic E-state index is 13.1. The minimum absolute atomic E-state index is 0.0636. The maximum atomic E-state index is 13.1. The van der Waals surface area contributed by atoms with Gasteiger partial charge in [-0.05, 0) is 11.6 Å². The summed E-state index contributed by atoms with van der Waals surface area (Å²) in [6.07, 6.45) is 4.00. The van der Waals surface area contributed by atoms with Crippen molar-refractivity contribution < 1.29 is 9.53 Å². The van der Waals surface area contributed by atoms with E-state index in [-0.39, 0.29) is 5.91 Å². The van der Waals surface area contributed by atoms with Crippen molar-refractivity contribution in [2.75, 3.05) is 13.7 Å². The van der Waals surface area contributed by atoms with Gasteiger partial charge in [0.2, 0.25) is 5.88 Å². The fourth-order valence-corrected chi connectivity index (χ4v) is 4.09. The molecule has 1 amide bonds. The molecular weight excluding hydrogens is 406 g/mol. The Morgan fingerprint density at radius 2 is 2.00 bits per heavy atom. The first-order valence-corrected chi connectivity index (χ1v) is 10.4. The number of aromatic nitrogens is 6. The molecule has 0 saturated heterocycles. The van der Waals surface area contributed by atoms with E-state index in [1.807, 2.05) is 39.4 Å². The zero-order valence-electron chi connectivity index (χ0n) is 18.0. The van der Waals surface area contributed by atoms with E-state index in [1.54, 1.807) is 31.8 Å². The lowest BCUT2D eigenvalue weighted by atomic mass is 10.0. The Balaban J connectivity index is 1.44. The van der Waals surface area contributed by atoms with Crippen LogP contribution in [-0.2, 0) is 26.6 Å². The van der Waals surface area contributed by atoms with Gasteiger partial charge in [-0.3, -0.25) is 9.48 Å². The van der Waals surface area contributed by atoms with Gasteiger partial charge in [0, 0.05) is 43.5 Å². The van der Waals surface area contributed by atoms with Crippen LogP contribution in [0, 0.1) is 0 Å². The number of pyridine rings is 1. The molecule has 0 saturated carbocycles. The van der Waals surface area contributed by atoms with Crippen molar-refractivity contribution in [1.82, 2.24) is 34.4 Å². The second-order valence-corrected chi connectivity index (χ2v) is 7.73. The van der Waals surface area contributed by atoms with E-state index in [0.717, 1.165) is 28.9 Å². The number of rotatable bonds is 5. The molecule has 1 aromatic carbocycles. The number of nitrogens with zero attached hydrogens (tertiary/aromatic N) is 7. The fraction of sp³-hybridized carbons (Fsp3) is 0.261. The van der Waals surface area contributed by atoms with Crippen molar-refractivity contribution in [2.24, 2.45) is 7.05 Å². The molecule has 0 unspecified atom stereocenters. The standard InChI is InChI=1S/C23H23N7O2/c1-28-19-10-11-29(23(31)17-8-9-20(32-2)24-12-17)14-18(19)21(27-28)22-26-25-15-30(22)13-16-6-4-3-5-7-16/h3-9,12,15H,10-11,13-14H2,1-2H3. The Bertz CT molecular complexity index is 1250. The Morgan fingerprint density at radius 3 is 2.75 bits per heavy atom. The number of hydrogen-bond donors (Lipinski definition) is 0. The third-order valence-electron chi connectivity index (χ3n) is 5.75. The van der Waals surface area contributed by atoms with Crippen molar-refractivity contribution in [3.8, 4) is 17.4 Å². The first kappa shape index (κ1) is 19.9. The van der Waals surface area contributed by atoms with E-state index in [2.05, 4.69) is 27.3 Å². The molecule has 9 nitrogen and oxygen atoms in total. The quantitative estimate of drug-likeness (QED) is 0.484. The highest BCUT2D eigenvalue weighted by atomic mass is 16.5. The number of aryl methyl sites for hydroxylation is 1. The van der Waals surface area contributed by atoms with Crippen molar-refractivity contribution in [3.05, 3.63) is 77.4 Å². The van der Waals surface area contributed by atoms with Gasteiger partial charge in [0.1, 0.15) is 12.0 Å². The maximum Gasteiger partial charge on any atom is 0.255 e. The smallest absolute Gasteiger partial charge is 0.255 e. The van der Waals surface area contributed by atoms with Crippen LogP contribution in [0.3, 0.4) is 0 Å². The van der Waals surface area contributed by atoms with Gasteiger partial charge in [0.05, 0.1) is 25.8 Å². The number of benzene rings is 1. The zero-order valence-corrected chi connectivity index (χ0v) is 18.0. The second-order valence-electron chi connectivity index (χ2n) is 7.73. The summed E-state index contributed by atoms with van der Waals surface area (Å²) in [5, 5.41) is 13.2. The van der Waals surface area contributed by atoms with Gasteiger partial charge in [-0.1, -0.05) is 30.3 Å². The summed E-state index contributed by atoms with van der Waals surface area (Å²) < 4.78 is 8.98. The predicted molar refractivity (Wildman–Crippen MR) is 117 cm³/mol. The van der Waals surface area contributed by atoms with Crippen molar-refractivity contribution >= 4 is 5.91 Å². The molecule has 0 radical (unpaired) electrons. The minimum Gasteiger partial charge on any atom is -0.481 e. The Labute approximate surface area is 185 Å². The molecular formula is C23H23N7O2. The summed E-state index contributed by atoms with van der Waals surface area (Å²) in [4.78, 5) is 19.1. The molecule has 5 rings (SSSR count). The van der Waals surface area contributed by atoms with Gasteiger partial charge >= 0.3 is 0 Å². The van der Waals surface area contributed by atoms with E-state index < -0.39 is 0 Å². The lowest BCUT2D eigenvalue weighted by Gasteiger charge is -2.27. The molecule has 1 aliphatic rings. The predicted octanol–water partition coefficient (Wildman–Crippen LogP) is 2.33. The average molecular weight is 429 g/mol. The molecule has 0 bridgehead atoms. The molecule has 4 heterocycles. The van der Waals surface area contributed by atoms with E-state index in [1.165, 1.54) is 0 Å². The summed E-state index contributed by atoms with van der Waals surface area (Å²) in [5.74, 6) is 1.12.